The Morgan fingerprint density at radius 1 is 1.44 bits per heavy atom. The van der Waals surface area contributed by atoms with E-state index in [1.807, 2.05) is 0 Å². The zero-order chi connectivity index (χ0) is 18.7. The Morgan fingerprint density at radius 3 is 2.76 bits per heavy atom. The van der Waals surface area contributed by atoms with Crippen molar-refractivity contribution in [2.45, 2.75) is 31.7 Å². The molecular weight excluding hydrogens is 366 g/mol. The van der Waals surface area contributed by atoms with Crippen molar-refractivity contribution in [2.75, 3.05) is 12.9 Å². The van der Waals surface area contributed by atoms with Crippen LogP contribution >= 0.6 is 24.0 Å². The molecule has 0 aromatic heterocycles. The number of rotatable bonds is 1. The number of fused-ring (bicyclic) bond motifs is 1. The van der Waals surface area contributed by atoms with Crippen LogP contribution in [0.1, 0.15) is 28.4 Å². The van der Waals surface area contributed by atoms with E-state index in [0.717, 1.165) is 0 Å². The third-order valence-corrected chi connectivity index (χ3v) is 5.35. The van der Waals surface area contributed by atoms with Gasteiger partial charge in [-0.1, -0.05) is 12.2 Å². The van der Waals surface area contributed by atoms with Crippen molar-refractivity contribution in [3.8, 4) is 11.5 Å². The summed E-state index contributed by atoms with van der Waals surface area (Å²) in [5.74, 6) is -1.04. The second kappa shape index (κ2) is 7.92. The smallest absolute Gasteiger partial charge is 0.339 e. The van der Waals surface area contributed by atoms with E-state index in [4.69, 9.17) is 21.7 Å². The van der Waals surface area contributed by atoms with E-state index in [9.17, 15) is 19.8 Å². The first-order valence-corrected chi connectivity index (χ1v) is 9.03. The molecule has 1 aromatic carbocycles. The average molecular weight is 385 g/mol. The first-order valence-electron chi connectivity index (χ1n) is 7.47. The molecule has 0 fully saturated rings. The van der Waals surface area contributed by atoms with Gasteiger partial charge in [0, 0.05) is 28.7 Å². The molecule has 1 aliphatic heterocycles. The van der Waals surface area contributed by atoms with E-state index < -0.39 is 24.1 Å². The Morgan fingerprint density at radius 2 is 2.12 bits per heavy atom. The maximum atomic E-state index is 12.6. The van der Waals surface area contributed by atoms with Crippen LogP contribution in [-0.4, -0.2) is 52.1 Å². The zero-order valence-corrected chi connectivity index (χ0v) is 15.6. The number of nitrogens with one attached hydrogen (secondary N) is 1. The average Bonchev–Trinajstić information content (AvgIpc) is 2.58. The van der Waals surface area contributed by atoms with Crippen LogP contribution in [0.4, 0.5) is 0 Å². The molecule has 25 heavy (non-hydrogen) atoms. The van der Waals surface area contributed by atoms with E-state index in [0.29, 0.717) is 16.9 Å². The van der Waals surface area contributed by atoms with Crippen molar-refractivity contribution in [3.05, 3.63) is 22.8 Å². The highest BCUT2D eigenvalue weighted by Gasteiger charge is 2.29. The second-order valence-corrected chi connectivity index (χ2v) is 7.01. The summed E-state index contributed by atoms with van der Waals surface area (Å²) in [4.78, 5) is 24.6. The molecule has 2 rings (SSSR count). The lowest BCUT2D eigenvalue weighted by molar-refractivity contribution is -0.142. The Kier molecular flexibility index (Phi) is 6.12. The molecule has 1 aromatic rings. The van der Waals surface area contributed by atoms with Crippen LogP contribution in [0.3, 0.4) is 0 Å². The number of phenolic OH excluding ortho intramolecular Hbond substituents is 2. The maximum Gasteiger partial charge on any atom is 0.339 e. The van der Waals surface area contributed by atoms with Crippen molar-refractivity contribution in [1.29, 1.82) is 0 Å². The molecule has 0 spiro atoms. The fraction of sp³-hybridized carbons (Fsp3) is 0.438. The number of hydrogen-bond acceptors (Lipinski definition) is 8. The van der Waals surface area contributed by atoms with Gasteiger partial charge in [-0.25, -0.2) is 9.59 Å². The van der Waals surface area contributed by atoms with Gasteiger partial charge < -0.3 is 25.0 Å². The van der Waals surface area contributed by atoms with Gasteiger partial charge in [0.1, 0.15) is 28.6 Å². The topological polar surface area (TPSA) is 105 Å². The highest BCUT2D eigenvalue weighted by Crippen LogP contribution is 2.35. The first-order chi connectivity index (χ1) is 11.8. The van der Waals surface area contributed by atoms with Crippen LogP contribution in [0.2, 0.25) is 0 Å². The summed E-state index contributed by atoms with van der Waals surface area (Å²) < 4.78 is 10.1. The number of carbonyl (C=O) groups excluding carboxylic acids is 2. The van der Waals surface area contributed by atoms with E-state index >= 15 is 0 Å². The number of thiocarbonyl (C=S) groups is 1. The number of esters is 2. The van der Waals surface area contributed by atoms with E-state index in [1.54, 1.807) is 13.8 Å². The summed E-state index contributed by atoms with van der Waals surface area (Å²) in [5.41, 5.74) is 0.762. The minimum Gasteiger partial charge on any atom is -0.508 e. The van der Waals surface area contributed by atoms with Crippen molar-refractivity contribution in [1.82, 2.24) is 5.32 Å². The molecule has 2 atom stereocenters. The monoisotopic (exact) mass is 385 g/mol. The molecule has 0 radical (unpaired) electrons. The van der Waals surface area contributed by atoms with E-state index in [1.165, 1.54) is 24.9 Å². The number of thioether (sulfide) groups is 1. The second-order valence-electron chi connectivity index (χ2n) is 5.54. The Hall–Kier alpha value is -2.00. The molecule has 136 valence electrons. The Balaban J connectivity index is 2.46. The van der Waals surface area contributed by atoms with Crippen LogP contribution < -0.4 is 5.32 Å². The molecule has 1 aliphatic rings. The first kappa shape index (κ1) is 19.3. The fourth-order valence-electron chi connectivity index (χ4n) is 2.38. The third-order valence-electron chi connectivity index (χ3n) is 3.83. The molecule has 7 nitrogen and oxygen atoms in total. The van der Waals surface area contributed by atoms with Crippen LogP contribution in [-0.2, 0) is 20.0 Å². The predicted octanol–water partition coefficient (Wildman–Crippen LogP) is 1.66. The quantitative estimate of drug-likeness (QED) is 0.491. The van der Waals surface area contributed by atoms with Gasteiger partial charge in [0.05, 0.1) is 12.7 Å². The predicted molar refractivity (Wildman–Crippen MR) is 97.1 cm³/mol. The summed E-state index contributed by atoms with van der Waals surface area (Å²) in [7, 11) is 1.28. The summed E-state index contributed by atoms with van der Waals surface area (Å²) in [6.45, 7) is 3.14. The van der Waals surface area contributed by atoms with Gasteiger partial charge in [0.15, 0.2) is 0 Å². The number of hydrogen-bond donors (Lipinski definition) is 3. The van der Waals surface area contributed by atoms with Gasteiger partial charge in [0.2, 0.25) is 0 Å². The highest BCUT2D eigenvalue weighted by molar-refractivity contribution is 7.98. The Labute approximate surface area is 154 Å². The van der Waals surface area contributed by atoms with E-state index in [-0.39, 0.29) is 27.8 Å². The molecule has 0 saturated heterocycles. The summed E-state index contributed by atoms with van der Waals surface area (Å²) in [5, 5.41) is 22.9. The van der Waals surface area contributed by atoms with Crippen LogP contribution in [0.25, 0.3) is 0 Å². The molecule has 0 bridgehead atoms. The van der Waals surface area contributed by atoms with Crippen LogP contribution in [0, 0.1) is 6.92 Å². The van der Waals surface area contributed by atoms with Crippen molar-refractivity contribution in [3.63, 3.8) is 0 Å². The highest BCUT2D eigenvalue weighted by atomic mass is 32.2. The van der Waals surface area contributed by atoms with E-state index in [2.05, 4.69) is 5.32 Å². The Bertz CT molecular complexity index is 721. The molecular formula is C16H19NO6S2. The number of carbonyl (C=O) groups is 2. The largest absolute Gasteiger partial charge is 0.508 e. The fourth-order valence-corrected chi connectivity index (χ4v) is 3.64. The number of phenols is 2. The molecule has 0 unspecified atom stereocenters. The zero-order valence-electron chi connectivity index (χ0n) is 14.0. The molecule has 0 amide bonds. The molecule has 3 N–H and O–H groups in total. The minimum absolute atomic E-state index is 0.108. The number of methoxy groups -OCH3 is 1. The third kappa shape index (κ3) is 4.16. The van der Waals surface area contributed by atoms with Crippen LogP contribution in [0.15, 0.2) is 6.07 Å². The summed E-state index contributed by atoms with van der Waals surface area (Å²) in [6, 6.07) is 0.483. The molecule has 1 heterocycles. The maximum absolute atomic E-state index is 12.6. The van der Waals surface area contributed by atoms with Gasteiger partial charge in [-0.2, -0.15) is 11.8 Å². The normalized spacial score (nSPS) is 21.4. The number of cyclic esters (lactones) is 1. The van der Waals surface area contributed by atoms with Gasteiger partial charge in [-0.3, -0.25) is 0 Å². The standard InChI is InChI=1S/C16H19NO6S2/c1-7-11(18)4-12(19)9-5-25-6-10(15(20)22-3)17-14(24)8(2)23-16(21)13(7)9/h4,8,10,18-19H,5-6H2,1-3H3,(H,17,24)/t8-,10+/m1/s1. The van der Waals surface area contributed by atoms with Crippen molar-refractivity contribution >= 4 is 40.9 Å². The van der Waals surface area contributed by atoms with Gasteiger partial charge >= 0.3 is 11.9 Å². The van der Waals surface area contributed by atoms with Crippen LogP contribution in [0.5, 0.6) is 11.5 Å². The number of aromatic hydroxyl groups is 2. The van der Waals surface area contributed by atoms with Gasteiger partial charge in [-0.15, -0.1) is 0 Å². The number of ether oxygens (including phenoxy) is 2. The summed E-state index contributed by atoms with van der Waals surface area (Å²) in [6.07, 6.45) is -0.797. The van der Waals surface area contributed by atoms with Crippen molar-refractivity contribution in [2.24, 2.45) is 0 Å². The lowest BCUT2D eigenvalue weighted by Crippen LogP contribution is -2.46. The van der Waals surface area contributed by atoms with Gasteiger partial charge in [-0.05, 0) is 13.8 Å². The number of benzene rings is 1. The molecule has 9 heteroatoms. The SMILES string of the molecule is COC(=O)[C@@H]1CSCc2c(O)cc(O)c(C)c2C(=O)O[C@H](C)C(=S)N1. The summed E-state index contributed by atoms with van der Waals surface area (Å²) >= 11 is 6.52. The molecule has 0 saturated carbocycles. The minimum atomic E-state index is -0.797. The van der Waals surface area contributed by atoms with Crippen molar-refractivity contribution < 1.29 is 29.3 Å². The lowest BCUT2D eigenvalue weighted by Gasteiger charge is -2.20. The lowest BCUT2D eigenvalue weighted by atomic mass is 10.0. The molecule has 0 aliphatic carbocycles. The van der Waals surface area contributed by atoms with Gasteiger partial charge in [0.25, 0.3) is 0 Å².